The minimum Gasteiger partial charge on any atom is -1.00 e. The number of hydrogen-bond donors (Lipinski definition) is 8. The van der Waals surface area contributed by atoms with Crippen molar-refractivity contribution in [3.63, 3.8) is 0 Å². The molecule has 3 heterocycles. The number of hydrogen-bond acceptors (Lipinski definition) is 27. The Morgan fingerprint density at radius 3 is 1.40 bits per heavy atom. The van der Waals surface area contributed by atoms with Crippen LogP contribution in [0.3, 0.4) is 0 Å². The minimum atomic E-state index is -4.67. The van der Waals surface area contributed by atoms with Crippen LogP contribution in [0, 0.1) is 41.5 Å². The predicted octanol–water partition coefficient (Wildman–Crippen LogP) is 8.32. The second kappa shape index (κ2) is 67.7. The Hall–Kier alpha value is -5.41. The standard InChI is InChI=1S/C21H21BrO4.C12H13BrO4.C12H11BrO3.C11H11BrO2.C10H12O3.C9H9BrO2.C7H10BNO2.C4H7ClO.CH2O3.B.ClH.2K.Li.H2O4S.2H/c1-4-24-20(23)11-16-7-5-6-8-19(16)25-12-15-9-17-13(2)14(3)26-21(17)18(22)10-15;1-7(14)8(2)17-11-5-4-9(6-10(11)13)12(15)16-3;1-6-7(2)16-11-9(6)4-8(5-10(11)13)12(14)15-3;1-6-7(2)14-11-9(6)3-8(5-13)4-10(11)12;1-2-13-10(12)7-8-5-3-4-6-9(8)11;1-2-8(11)6-3-4-9(12)7(10)5-6;9-5-6-2-1-3-7(4-6)8(10)11;1-3(5)4(2)6;2-1-4-3;;;;;;1-5(2,3)4;;/h5-10H,4,11-12H2,1-3H3;4-6,8H,1-3H3;4-5H,1-3H3;3-4,13H,5H2,1-2H3;3-6,11H,2,7H2,1H3;3-5,12H,2H2,1H3;1-4,10-11H,5,9H2;3H,1-2H3;1,3H;;1H;;;;(H2,1,2,3,4);;/q;;;;;;;;;;;3*+1;;2*-1/p-1. The molecule has 0 saturated carbocycles. The molecule has 2 unspecified atom stereocenters. The van der Waals surface area contributed by atoms with E-state index in [0.29, 0.717) is 80.9 Å². The van der Waals surface area contributed by atoms with Crippen molar-refractivity contribution in [3.8, 4) is 23.0 Å². The number of methoxy groups -OCH3 is 2. The van der Waals surface area contributed by atoms with Crippen LogP contribution in [0.1, 0.15) is 151 Å². The molecule has 29 nitrogen and oxygen atoms in total. The van der Waals surface area contributed by atoms with E-state index < -0.39 is 29.6 Å². The summed E-state index contributed by atoms with van der Waals surface area (Å²) in [6.45, 7) is 24.9. The van der Waals surface area contributed by atoms with Gasteiger partial charge in [-0.1, -0.05) is 67.6 Å². The Balaban J connectivity index is -0.000000341. The molecule has 129 heavy (non-hydrogen) atoms. The number of esters is 4. The molecule has 0 spiro atoms. The second-order valence-electron chi connectivity index (χ2n) is 25.9. The van der Waals surface area contributed by atoms with E-state index >= 15 is 0 Å². The van der Waals surface area contributed by atoms with Crippen molar-refractivity contribution in [1.82, 2.24) is 0 Å². The number of benzene rings is 8. The number of ether oxygens (including phenoxy) is 6. The maximum Gasteiger partial charge on any atom is 1.00 e. The molecular weight excluding hydrogens is 2120 g/mol. The molecule has 0 bridgehead atoms. The minimum absolute atomic E-state index is 0. The Kier molecular flexibility index (Phi) is 68.2. The van der Waals surface area contributed by atoms with Crippen LogP contribution in [0.5, 0.6) is 23.0 Å². The van der Waals surface area contributed by atoms with Gasteiger partial charge in [-0.2, -0.15) is 8.42 Å². The smallest absolute Gasteiger partial charge is 1.00 e. The monoisotopic (exact) mass is 2210 g/mol. The van der Waals surface area contributed by atoms with Crippen molar-refractivity contribution in [2.24, 2.45) is 5.73 Å². The van der Waals surface area contributed by atoms with Crippen molar-refractivity contribution in [1.29, 1.82) is 0 Å². The van der Waals surface area contributed by atoms with Crippen LogP contribution in [-0.2, 0) is 90.8 Å². The van der Waals surface area contributed by atoms with Gasteiger partial charge in [0.2, 0.25) is 0 Å². The third-order valence-electron chi connectivity index (χ3n) is 17.0. The molecule has 0 aliphatic carbocycles. The van der Waals surface area contributed by atoms with Crippen LogP contribution in [0.15, 0.2) is 181 Å². The summed E-state index contributed by atoms with van der Waals surface area (Å²) in [4.78, 5) is 89.0. The quantitative estimate of drug-likeness (QED) is 0.00385. The first kappa shape index (κ1) is 130. The molecule has 685 valence electrons. The molecule has 9 N–H and O–H groups in total. The number of carbonyl (C=O) groups excluding carboxylic acids is 8. The summed E-state index contributed by atoms with van der Waals surface area (Å²) < 4.78 is 82.8. The maximum atomic E-state index is 11.8. The van der Waals surface area contributed by atoms with Crippen molar-refractivity contribution >= 4 is 216 Å². The summed E-state index contributed by atoms with van der Waals surface area (Å²) in [7, 11) is -3.38. The largest absolute Gasteiger partial charge is 1.00 e. The van der Waals surface area contributed by atoms with E-state index in [0.717, 1.165) is 103 Å². The molecular formula is C87H100B2Br5Cl2K2LiNO28S. The number of carbonyl (C=O) groups is 8. The van der Waals surface area contributed by atoms with Crippen LogP contribution < -0.4 is 148 Å². The average molecular weight is 2220 g/mol. The maximum absolute atomic E-state index is 11.8. The molecule has 11 aromatic rings. The molecule has 0 amide bonds. The van der Waals surface area contributed by atoms with E-state index in [1.165, 1.54) is 34.1 Å². The zero-order valence-corrected chi connectivity index (χ0v) is 90.8. The first-order valence-electron chi connectivity index (χ1n) is 37.1. The second-order valence-corrected chi connectivity index (χ2v) is 31.7. The van der Waals surface area contributed by atoms with Gasteiger partial charge >= 0.3 is 163 Å². The number of aliphatic hydroxyl groups excluding tert-OH is 1. The number of aromatic hydroxyl groups is 2. The van der Waals surface area contributed by atoms with E-state index in [1.807, 2.05) is 97.0 Å². The number of phenolic OH excluding ortho intramolecular Hbond substituents is 2. The van der Waals surface area contributed by atoms with Crippen molar-refractivity contribution in [2.45, 2.75) is 141 Å². The number of aryl methyl sites for hydroxylation is 6. The molecule has 3 radical (unpaired) electrons. The molecule has 0 saturated heterocycles. The summed E-state index contributed by atoms with van der Waals surface area (Å²) in [5.41, 5.74) is 17.4. The molecule has 42 heteroatoms. The van der Waals surface area contributed by atoms with Gasteiger partial charge in [0.05, 0.1) is 85.7 Å². The van der Waals surface area contributed by atoms with Crippen LogP contribution in [0.4, 0.5) is 0 Å². The van der Waals surface area contributed by atoms with Crippen molar-refractivity contribution in [2.75, 3.05) is 27.4 Å². The van der Waals surface area contributed by atoms with Gasteiger partial charge in [0.15, 0.2) is 17.7 Å². The molecule has 3 aromatic heterocycles. The van der Waals surface area contributed by atoms with Gasteiger partial charge < -0.3 is 85.8 Å². The topological polar surface area (TPSA) is 465 Å². The van der Waals surface area contributed by atoms with Crippen molar-refractivity contribution < 1.29 is 258 Å². The van der Waals surface area contributed by atoms with E-state index in [-0.39, 0.29) is 223 Å². The SMILES string of the molecule is CC(=O)C(C)Cl.CCC(=O)c1ccc(O)c(Br)c1.CCOC(=O)Cc1ccccc1O.CCOC(=O)Cc1ccccc1OCc1cc(Br)c2oc(C)c(C)c2c1.COC(=O)c1cc(Br)c2oc(C)c(C)c2c1.COC(=O)c1ccc(OC(C)C(C)=O)c(Br)c1.Cc1oc2c(Br)cc(CO)cc2c1C.Cl.NCc1cccc(B(O)O)c1.O=CO[O-].O=S(=O)(O)O.[B].[H-].[H-].[K+].[K+].[Li+]. The van der Waals surface area contributed by atoms with E-state index in [4.69, 9.17) is 102 Å². The number of halogens is 7. The first-order chi connectivity index (χ1) is 58.3. The number of phenols is 2. The van der Waals surface area contributed by atoms with Crippen LogP contribution in [0.25, 0.3) is 32.9 Å². The third-order valence-corrected chi connectivity index (χ3v) is 20.3. The Bertz CT molecular complexity index is 5540. The molecule has 0 fully saturated rings. The number of para-hydroxylation sites is 2. The predicted molar refractivity (Wildman–Crippen MR) is 500 cm³/mol. The molecule has 8 aromatic carbocycles. The Morgan fingerprint density at radius 1 is 0.566 bits per heavy atom. The number of Topliss-reactive ketones (excluding diaryl/α,β-unsaturated/α-hetero) is 3. The number of alkyl halides is 1. The van der Waals surface area contributed by atoms with Gasteiger partial charge in [-0.25, -0.2) is 9.59 Å². The summed E-state index contributed by atoms with van der Waals surface area (Å²) in [5, 5.41) is 56.2. The Morgan fingerprint density at radius 2 is 0.984 bits per heavy atom. The summed E-state index contributed by atoms with van der Waals surface area (Å²) in [5.74, 6) is 2.91. The van der Waals surface area contributed by atoms with E-state index in [1.54, 1.807) is 113 Å². The molecule has 2 atom stereocenters. The van der Waals surface area contributed by atoms with Crippen molar-refractivity contribution in [3.05, 3.63) is 246 Å². The fourth-order valence-corrected chi connectivity index (χ4v) is 12.5. The fourth-order valence-electron chi connectivity index (χ4n) is 9.93. The first-order valence-corrected chi connectivity index (χ1v) is 42.9. The van der Waals surface area contributed by atoms with Gasteiger partial charge in [-0.15, -0.1) is 24.0 Å². The zero-order valence-electron chi connectivity index (χ0n) is 76.3. The number of furan rings is 3. The normalized spacial score (nSPS) is 10.3. The average Bonchev–Trinajstić information content (AvgIpc) is 1.65. The van der Waals surface area contributed by atoms with Gasteiger partial charge in [0, 0.05) is 54.2 Å². The number of ketones is 3. The van der Waals surface area contributed by atoms with E-state index in [2.05, 4.69) is 95.3 Å². The molecule has 11 rings (SSSR count). The number of aliphatic hydroxyl groups is 1. The van der Waals surface area contributed by atoms with Gasteiger partial charge in [-0.3, -0.25) is 37.9 Å². The summed E-state index contributed by atoms with van der Waals surface area (Å²) in [6.07, 6.45) is 0.292. The van der Waals surface area contributed by atoms with E-state index in [9.17, 15) is 38.7 Å². The fraction of sp³-hybridized carbons (Fsp3) is 0.287. The van der Waals surface area contributed by atoms with Crippen LogP contribution >= 0.6 is 104 Å². The Labute approximate surface area is 904 Å². The third kappa shape index (κ3) is 47.1. The summed E-state index contributed by atoms with van der Waals surface area (Å²) >= 11 is 22.1. The zero-order chi connectivity index (χ0) is 94.0. The molecule has 0 aliphatic rings. The molecule has 0 aliphatic heterocycles. The van der Waals surface area contributed by atoms with Crippen LogP contribution in [-0.4, -0.2) is 145 Å². The number of nitrogens with two attached hydrogens (primary N) is 1. The number of fused-ring (bicyclic) bond motifs is 3. The summed E-state index contributed by atoms with van der Waals surface area (Å²) in [6, 6.07) is 42.1. The van der Waals surface area contributed by atoms with Gasteiger partial charge in [-0.05, 0) is 287 Å². The van der Waals surface area contributed by atoms with Gasteiger partial charge in [0.25, 0.3) is 6.47 Å². The number of rotatable bonds is 21. The van der Waals surface area contributed by atoms with Crippen LogP contribution in [0.2, 0.25) is 0 Å². The van der Waals surface area contributed by atoms with Gasteiger partial charge in [0.1, 0.15) is 69.4 Å².